The zero-order valence-electron chi connectivity index (χ0n) is 15.0. The largest absolute Gasteiger partial charge is 0.346 e. The number of thiazole rings is 1. The number of likely N-dealkylation sites (tertiary alicyclic amines) is 1. The van der Waals surface area contributed by atoms with Crippen molar-refractivity contribution >= 4 is 38.8 Å². The smallest absolute Gasteiger partial charge is 0.269 e. The molecule has 2 fully saturated rings. The molecule has 4 heterocycles. The Bertz CT molecular complexity index is 746. The lowest BCUT2D eigenvalue weighted by Crippen LogP contribution is -2.46. The van der Waals surface area contributed by atoms with Crippen molar-refractivity contribution in [2.24, 2.45) is 0 Å². The molecule has 0 radical (unpaired) electrons. The second kappa shape index (κ2) is 7.98. The Balaban J connectivity index is 1.32. The van der Waals surface area contributed by atoms with Crippen molar-refractivity contribution in [2.75, 3.05) is 36.4 Å². The zero-order valence-corrected chi connectivity index (χ0v) is 16.6. The average Bonchev–Trinajstić information content (AvgIpc) is 3.31. The minimum absolute atomic E-state index is 0.156. The molecular weight excluding hydrogens is 368 g/mol. The number of nitrogens with zero attached hydrogens (tertiary/aromatic N) is 5. The Morgan fingerprint density at radius 3 is 2.62 bits per heavy atom. The minimum atomic E-state index is -0.156. The second-order valence-corrected chi connectivity index (χ2v) is 8.74. The van der Waals surface area contributed by atoms with Gasteiger partial charge in [-0.15, -0.1) is 21.5 Å². The molecule has 0 aromatic carbocycles. The van der Waals surface area contributed by atoms with Gasteiger partial charge in [-0.2, -0.15) is 0 Å². The van der Waals surface area contributed by atoms with E-state index in [4.69, 9.17) is 0 Å². The number of hydrogen-bond donors (Lipinski definition) is 1. The Hall–Kier alpha value is -1.58. The minimum Gasteiger partial charge on any atom is -0.346 e. The Labute approximate surface area is 161 Å². The van der Waals surface area contributed by atoms with Crippen molar-refractivity contribution in [2.45, 2.75) is 45.1 Å². The Kier molecular flexibility index (Phi) is 5.46. The topological polar surface area (TPSA) is 74.2 Å². The molecule has 26 heavy (non-hydrogen) atoms. The molecule has 0 atom stereocenters. The van der Waals surface area contributed by atoms with Crippen LogP contribution < -0.4 is 10.2 Å². The molecule has 1 N–H and O–H groups in total. The molecule has 2 aromatic heterocycles. The van der Waals surface area contributed by atoms with Crippen LogP contribution in [0.15, 0.2) is 5.51 Å². The van der Waals surface area contributed by atoms with Crippen molar-refractivity contribution in [1.29, 1.82) is 0 Å². The van der Waals surface area contributed by atoms with E-state index < -0.39 is 0 Å². The van der Waals surface area contributed by atoms with Gasteiger partial charge in [-0.1, -0.05) is 17.8 Å². The number of anilines is 2. The number of rotatable bonds is 4. The van der Waals surface area contributed by atoms with Crippen LogP contribution in [0, 0.1) is 6.92 Å². The van der Waals surface area contributed by atoms with Gasteiger partial charge in [0.25, 0.3) is 5.91 Å². The fourth-order valence-electron chi connectivity index (χ4n) is 3.77. The van der Waals surface area contributed by atoms with Gasteiger partial charge < -0.3 is 9.80 Å². The van der Waals surface area contributed by atoms with E-state index in [-0.39, 0.29) is 5.91 Å². The van der Waals surface area contributed by atoms with Crippen LogP contribution in [0.4, 0.5) is 10.3 Å². The van der Waals surface area contributed by atoms with E-state index in [9.17, 15) is 4.79 Å². The second-order valence-electron chi connectivity index (χ2n) is 6.93. The van der Waals surface area contributed by atoms with Gasteiger partial charge in [-0.05, 0) is 45.7 Å². The first-order valence-electron chi connectivity index (χ1n) is 9.24. The van der Waals surface area contributed by atoms with E-state index in [1.807, 2.05) is 6.92 Å². The highest BCUT2D eigenvalue weighted by molar-refractivity contribution is 7.19. The van der Waals surface area contributed by atoms with E-state index in [0.29, 0.717) is 16.1 Å². The maximum absolute atomic E-state index is 12.3. The maximum atomic E-state index is 12.3. The Morgan fingerprint density at radius 2 is 1.92 bits per heavy atom. The summed E-state index contributed by atoms with van der Waals surface area (Å²) in [7, 11) is 0. The van der Waals surface area contributed by atoms with Gasteiger partial charge in [-0.3, -0.25) is 10.1 Å². The van der Waals surface area contributed by atoms with Gasteiger partial charge in [0.05, 0.1) is 11.2 Å². The first-order chi connectivity index (χ1) is 12.7. The van der Waals surface area contributed by atoms with Crippen LogP contribution in [-0.2, 0) is 0 Å². The molecule has 4 rings (SSSR count). The molecular formula is C17H24N6OS2. The van der Waals surface area contributed by atoms with E-state index >= 15 is 0 Å². The maximum Gasteiger partial charge on any atom is 0.269 e. The van der Waals surface area contributed by atoms with Crippen LogP contribution in [0.3, 0.4) is 0 Å². The molecule has 0 saturated carbocycles. The molecule has 0 aliphatic carbocycles. The monoisotopic (exact) mass is 392 g/mol. The molecule has 2 saturated heterocycles. The normalized spacial score (nSPS) is 19.7. The number of carbonyl (C=O) groups excluding carboxylic acids is 1. The van der Waals surface area contributed by atoms with Gasteiger partial charge in [0, 0.05) is 19.1 Å². The van der Waals surface area contributed by atoms with Gasteiger partial charge in [0.2, 0.25) is 10.3 Å². The van der Waals surface area contributed by atoms with Crippen LogP contribution in [0.5, 0.6) is 0 Å². The number of carbonyl (C=O) groups is 1. The quantitative estimate of drug-likeness (QED) is 0.862. The standard InChI is InChI=1S/C17H24N6OS2/c1-12-14(25-11-18-12)15(24)19-16-20-21-17(26-16)23-9-5-13(6-10-23)22-7-3-2-4-8-22/h11,13H,2-10H2,1H3,(H,19,20,24). The molecule has 1 amide bonds. The van der Waals surface area contributed by atoms with Crippen LogP contribution in [0.1, 0.15) is 47.5 Å². The lowest BCUT2D eigenvalue weighted by Gasteiger charge is -2.40. The molecule has 2 aliphatic rings. The molecule has 0 bridgehead atoms. The van der Waals surface area contributed by atoms with Crippen molar-refractivity contribution < 1.29 is 4.79 Å². The van der Waals surface area contributed by atoms with Crippen LogP contribution in [0.25, 0.3) is 0 Å². The van der Waals surface area contributed by atoms with Gasteiger partial charge in [0.15, 0.2) is 0 Å². The van der Waals surface area contributed by atoms with Gasteiger partial charge >= 0.3 is 0 Å². The summed E-state index contributed by atoms with van der Waals surface area (Å²) < 4.78 is 0. The van der Waals surface area contributed by atoms with Gasteiger partial charge in [0.1, 0.15) is 4.88 Å². The third kappa shape index (κ3) is 3.89. The summed E-state index contributed by atoms with van der Waals surface area (Å²) in [5.41, 5.74) is 2.43. The molecule has 2 aliphatic heterocycles. The third-order valence-electron chi connectivity index (χ3n) is 5.23. The van der Waals surface area contributed by atoms with Gasteiger partial charge in [-0.25, -0.2) is 4.98 Å². The van der Waals surface area contributed by atoms with E-state index in [1.54, 1.807) is 5.51 Å². The zero-order chi connectivity index (χ0) is 17.9. The molecule has 0 unspecified atom stereocenters. The van der Waals surface area contributed by atoms with Crippen molar-refractivity contribution in [1.82, 2.24) is 20.1 Å². The highest BCUT2D eigenvalue weighted by atomic mass is 32.1. The predicted molar refractivity (Wildman–Crippen MR) is 105 cm³/mol. The van der Waals surface area contributed by atoms with Crippen LogP contribution in [0.2, 0.25) is 0 Å². The first-order valence-corrected chi connectivity index (χ1v) is 10.9. The number of nitrogens with one attached hydrogen (secondary N) is 1. The number of amides is 1. The summed E-state index contributed by atoms with van der Waals surface area (Å²) in [6.45, 7) is 6.38. The number of piperidine rings is 2. The summed E-state index contributed by atoms with van der Waals surface area (Å²) in [5.74, 6) is -0.156. The highest BCUT2D eigenvalue weighted by Crippen LogP contribution is 2.29. The van der Waals surface area contributed by atoms with E-state index in [1.165, 1.54) is 67.9 Å². The highest BCUT2D eigenvalue weighted by Gasteiger charge is 2.27. The summed E-state index contributed by atoms with van der Waals surface area (Å²) in [6.07, 6.45) is 6.44. The van der Waals surface area contributed by atoms with Crippen LogP contribution >= 0.6 is 22.7 Å². The fourth-order valence-corrected chi connectivity index (χ4v) is 5.26. The summed E-state index contributed by atoms with van der Waals surface area (Å²) in [5, 5.41) is 12.7. The summed E-state index contributed by atoms with van der Waals surface area (Å²) >= 11 is 2.79. The molecule has 140 valence electrons. The molecule has 2 aromatic rings. The first kappa shape index (κ1) is 17.8. The molecule has 7 nitrogen and oxygen atoms in total. The van der Waals surface area contributed by atoms with Crippen molar-refractivity contribution in [3.8, 4) is 0 Å². The third-order valence-corrected chi connectivity index (χ3v) is 7.06. The van der Waals surface area contributed by atoms with Crippen molar-refractivity contribution in [3.05, 3.63) is 16.1 Å². The SMILES string of the molecule is Cc1ncsc1C(=O)Nc1nnc(N2CCC(N3CCCCC3)CC2)s1. The number of aryl methyl sites for hydroxylation is 1. The van der Waals surface area contributed by atoms with E-state index in [2.05, 4.69) is 30.3 Å². The lowest BCUT2D eigenvalue weighted by molar-refractivity contribution is 0.102. The van der Waals surface area contributed by atoms with E-state index in [0.717, 1.165) is 23.9 Å². The summed E-state index contributed by atoms with van der Waals surface area (Å²) in [4.78, 5) is 22.0. The lowest BCUT2D eigenvalue weighted by atomic mass is 10.0. The predicted octanol–water partition coefficient (Wildman–Crippen LogP) is 3.01. The number of hydrogen-bond acceptors (Lipinski definition) is 8. The van der Waals surface area contributed by atoms with Crippen molar-refractivity contribution in [3.63, 3.8) is 0 Å². The molecule has 9 heteroatoms. The number of aromatic nitrogens is 3. The molecule has 0 spiro atoms. The average molecular weight is 393 g/mol. The Morgan fingerprint density at radius 1 is 1.15 bits per heavy atom. The summed E-state index contributed by atoms with van der Waals surface area (Å²) in [6, 6.07) is 0.716. The fraction of sp³-hybridized carbons (Fsp3) is 0.647. The van der Waals surface area contributed by atoms with Crippen LogP contribution in [-0.4, -0.2) is 58.2 Å².